The Morgan fingerprint density at radius 3 is 2.88 bits per heavy atom. The monoisotopic (exact) mass is 326 g/mol. The van der Waals surface area contributed by atoms with Gasteiger partial charge in [-0.15, -0.1) is 0 Å². The number of carbonyl (C=O) groups is 1. The highest BCUT2D eigenvalue weighted by Crippen LogP contribution is 2.22. The number of aryl methyl sites for hydroxylation is 1. The molecule has 0 aromatic carbocycles. The van der Waals surface area contributed by atoms with Crippen molar-refractivity contribution in [3.63, 3.8) is 0 Å². The van der Waals surface area contributed by atoms with Gasteiger partial charge in [-0.25, -0.2) is 9.67 Å². The molecule has 0 fully saturated rings. The molecular formula is C18H22N4O2. The molecule has 0 aliphatic heterocycles. The quantitative estimate of drug-likeness (QED) is 0.885. The van der Waals surface area contributed by atoms with Crippen molar-refractivity contribution in [1.82, 2.24) is 20.1 Å². The molecule has 24 heavy (non-hydrogen) atoms. The molecule has 0 saturated heterocycles. The van der Waals surface area contributed by atoms with Crippen LogP contribution in [0.15, 0.2) is 42.0 Å². The van der Waals surface area contributed by atoms with Crippen molar-refractivity contribution >= 4 is 5.91 Å². The average Bonchev–Trinajstić information content (AvgIpc) is 3.05. The Kier molecular flexibility index (Phi) is 4.93. The lowest BCUT2D eigenvalue weighted by Gasteiger charge is -2.18. The zero-order valence-electron chi connectivity index (χ0n) is 13.8. The first-order valence-corrected chi connectivity index (χ1v) is 8.29. The second-order valence-corrected chi connectivity index (χ2v) is 6.18. The molecule has 2 N–H and O–H groups in total. The van der Waals surface area contributed by atoms with E-state index < -0.39 is 0 Å². The lowest BCUT2D eigenvalue weighted by Crippen LogP contribution is -2.25. The molecule has 0 radical (unpaired) electrons. The molecule has 3 rings (SSSR count). The molecule has 0 unspecified atom stereocenters. The predicted octanol–water partition coefficient (Wildman–Crippen LogP) is 2.87. The minimum absolute atomic E-state index is 0.0572. The third kappa shape index (κ3) is 4.01. The van der Waals surface area contributed by atoms with Gasteiger partial charge in [-0.2, -0.15) is 5.10 Å². The molecule has 2 heterocycles. The SMILES string of the molecule is CC1=C(NC(=O)CCc2cnn(-c3ccc(O)cn3)c2)CCCC1. The molecule has 6 heteroatoms. The Bertz CT molecular complexity index is 747. The minimum Gasteiger partial charge on any atom is -0.506 e. The topological polar surface area (TPSA) is 80.0 Å². The van der Waals surface area contributed by atoms with Crippen molar-refractivity contribution in [1.29, 1.82) is 0 Å². The largest absolute Gasteiger partial charge is 0.506 e. The number of amides is 1. The molecule has 1 aliphatic carbocycles. The van der Waals surface area contributed by atoms with Gasteiger partial charge < -0.3 is 10.4 Å². The first-order chi connectivity index (χ1) is 11.6. The maximum absolute atomic E-state index is 12.1. The van der Waals surface area contributed by atoms with E-state index in [0.717, 1.165) is 30.5 Å². The van der Waals surface area contributed by atoms with Gasteiger partial charge >= 0.3 is 0 Å². The van der Waals surface area contributed by atoms with Crippen LogP contribution >= 0.6 is 0 Å². The molecule has 2 aromatic rings. The highest BCUT2D eigenvalue weighted by Gasteiger charge is 2.12. The Balaban J connectivity index is 1.55. The summed E-state index contributed by atoms with van der Waals surface area (Å²) in [7, 11) is 0. The number of hydrogen-bond donors (Lipinski definition) is 2. The van der Waals surface area contributed by atoms with Crippen molar-refractivity contribution in [2.75, 3.05) is 0 Å². The maximum atomic E-state index is 12.1. The van der Waals surface area contributed by atoms with Gasteiger partial charge in [0.15, 0.2) is 5.82 Å². The van der Waals surface area contributed by atoms with E-state index in [9.17, 15) is 9.90 Å². The Labute approximate surface area is 141 Å². The molecular weight excluding hydrogens is 304 g/mol. The molecule has 1 amide bonds. The van der Waals surface area contributed by atoms with Gasteiger partial charge in [-0.05, 0) is 56.7 Å². The van der Waals surface area contributed by atoms with Gasteiger partial charge in [0.1, 0.15) is 5.75 Å². The van der Waals surface area contributed by atoms with Crippen LogP contribution in [0.3, 0.4) is 0 Å². The number of aromatic nitrogens is 3. The number of nitrogens with one attached hydrogen (secondary N) is 1. The summed E-state index contributed by atoms with van der Waals surface area (Å²) in [4.78, 5) is 16.2. The number of pyridine rings is 1. The smallest absolute Gasteiger partial charge is 0.224 e. The summed E-state index contributed by atoms with van der Waals surface area (Å²) >= 11 is 0. The lowest BCUT2D eigenvalue weighted by atomic mass is 9.97. The Morgan fingerprint density at radius 2 is 2.12 bits per heavy atom. The maximum Gasteiger partial charge on any atom is 0.224 e. The van der Waals surface area contributed by atoms with Crippen molar-refractivity contribution in [3.8, 4) is 11.6 Å². The second-order valence-electron chi connectivity index (χ2n) is 6.18. The van der Waals surface area contributed by atoms with Crippen LogP contribution in [-0.4, -0.2) is 25.8 Å². The van der Waals surface area contributed by atoms with Crippen LogP contribution in [0.2, 0.25) is 0 Å². The molecule has 0 saturated carbocycles. The standard InChI is InChI=1S/C18H22N4O2/c1-13-4-2-3-5-16(13)21-18(24)9-6-14-10-20-22(12-14)17-8-7-15(23)11-19-17/h7-8,10-12,23H,2-6,9H2,1H3,(H,21,24). The molecule has 0 bridgehead atoms. The first-order valence-electron chi connectivity index (χ1n) is 8.29. The predicted molar refractivity (Wildman–Crippen MR) is 90.7 cm³/mol. The number of aromatic hydroxyl groups is 1. The van der Waals surface area contributed by atoms with Crippen molar-refractivity contribution < 1.29 is 9.90 Å². The summed E-state index contributed by atoms with van der Waals surface area (Å²) < 4.78 is 1.64. The fraction of sp³-hybridized carbons (Fsp3) is 0.389. The lowest BCUT2D eigenvalue weighted by molar-refractivity contribution is -0.120. The third-order valence-corrected chi connectivity index (χ3v) is 4.28. The summed E-state index contributed by atoms with van der Waals surface area (Å²) in [5.74, 6) is 0.809. The zero-order valence-corrected chi connectivity index (χ0v) is 13.8. The molecule has 126 valence electrons. The fourth-order valence-electron chi connectivity index (χ4n) is 2.84. The van der Waals surface area contributed by atoms with Crippen LogP contribution in [0.25, 0.3) is 5.82 Å². The van der Waals surface area contributed by atoms with E-state index in [1.807, 2.05) is 6.20 Å². The average molecular weight is 326 g/mol. The number of hydrogen-bond acceptors (Lipinski definition) is 4. The van der Waals surface area contributed by atoms with E-state index in [4.69, 9.17) is 0 Å². The van der Waals surface area contributed by atoms with Gasteiger partial charge in [-0.1, -0.05) is 5.57 Å². The first kappa shape index (κ1) is 16.2. The highest BCUT2D eigenvalue weighted by molar-refractivity contribution is 5.78. The van der Waals surface area contributed by atoms with E-state index in [-0.39, 0.29) is 11.7 Å². The number of nitrogens with zero attached hydrogens (tertiary/aromatic N) is 3. The van der Waals surface area contributed by atoms with Crippen LogP contribution in [0.1, 0.15) is 44.6 Å². The van der Waals surface area contributed by atoms with Gasteiger partial charge in [0.05, 0.1) is 12.4 Å². The van der Waals surface area contributed by atoms with E-state index in [1.54, 1.807) is 23.0 Å². The van der Waals surface area contributed by atoms with Gasteiger partial charge in [0.2, 0.25) is 5.91 Å². The van der Waals surface area contributed by atoms with Crippen LogP contribution in [0.4, 0.5) is 0 Å². The van der Waals surface area contributed by atoms with Gasteiger partial charge in [0, 0.05) is 18.3 Å². The van der Waals surface area contributed by atoms with Crippen molar-refractivity contribution in [2.24, 2.45) is 0 Å². The van der Waals surface area contributed by atoms with Crippen molar-refractivity contribution in [2.45, 2.75) is 45.4 Å². The Morgan fingerprint density at radius 1 is 1.29 bits per heavy atom. The molecule has 0 spiro atoms. The summed E-state index contributed by atoms with van der Waals surface area (Å²) in [5, 5.41) is 16.6. The van der Waals surface area contributed by atoms with Crippen LogP contribution in [0.5, 0.6) is 5.75 Å². The summed E-state index contributed by atoms with van der Waals surface area (Å²) in [6.45, 7) is 2.10. The molecule has 0 atom stereocenters. The molecule has 2 aromatic heterocycles. The Hall–Kier alpha value is -2.63. The zero-order chi connectivity index (χ0) is 16.9. The van der Waals surface area contributed by atoms with Gasteiger partial charge in [-0.3, -0.25) is 4.79 Å². The van der Waals surface area contributed by atoms with Crippen LogP contribution < -0.4 is 5.32 Å². The highest BCUT2D eigenvalue weighted by atomic mass is 16.3. The summed E-state index contributed by atoms with van der Waals surface area (Å²) in [6.07, 6.45) is 10.5. The third-order valence-electron chi connectivity index (χ3n) is 4.28. The number of allylic oxidation sites excluding steroid dienone is 2. The van der Waals surface area contributed by atoms with E-state index in [1.165, 1.54) is 18.2 Å². The minimum atomic E-state index is 0.0572. The normalized spacial score (nSPS) is 14.7. The van der Waals surface area contributed by atoms with Crippen molar-refractivity contribution in [3.05, 3.63) is 47.6 Å². The van der Waals surface area contributed by atoms with Crippen LogP contribution in [0, 0.1) is 0 Å². The molecule has 1 aliphatic rings. The summed E-state index contributed by atoms with van der Waals surface area (Å²) in [6, 6.07) is 3.26. The molecule has 6 nitrogen and oxygen atoms in total. The van der Waals surface area contributed by atoms with E-state index in [0.29, 0.717) is 18.7 Å². The number of rotatable bonds is 5. The van der Waals surface area contributed by atoms with Gasteiger partial charge in [0.25, 0.3) is 0 Å². The number of carbonyl (C=O) groups excluding carboxylic acids is 1. The second kappa shape index (κ2) is 7.29. The summed E-state index contributed by atoms with van der Waals surface area (Å²) in [5.41, 5.74) is 3.39. The van der Waals surface area contributed by atoms with E-state index in [2.05, 4.69) is 22.3 Å². The van der Waals surface area contributed by atoms with Crippen LogP contribution in [-0.2, 0) is 11.2 Å². The fourth-order valence-corrected chi connectivity index (χ4v) is 2.84. The van der Waals surface area contributed by atoms with E-state index >= 15 is 0 Å².